The van der Waals surface area contributed by atoms with Gasteiger partial charge in [-0.25, -0.2) is 0 Å². The summed E-state index contributed by atoms with van der Waals surface area (Å²) in [5, 5.41) is 9.34. The van der Waals surface area contributed by atoms with Crippen molar-refractivity contribution >= 4 is 12.2 Å². The molecule has 2 fully saturated rings. The van der Waals surface area contributed by atoms with Crippen molar-refractivity contribution < 1.29 is 27.4 Å². The molecule has 8 heteroatoms. The molecular formula is C20H23F3N2O3. The number of alkyl halides is 3. The molecule has 5 nitrogen and oxygen atoms in total. The number of ether oxygens (including phenoxy) is 2. The van der Waals surface area contributed by atoms with Gasteiger partial charge in [-0.15, -0.1) is 13.2 Å². The molecular weight excluding hydrogens is 373 g/mol. The summed E-state index contributed by atoms with van der Waals surface area (Å²) in [6.07, 6.45) is 1.31. The Hall–Kier alpha value is -2.43. The van der Waals surface area contributed by atoms with Crippen molar-refractivity contribution in [3.63, 3.8) is 0 Å². The first-order chi connectivity index (χ1) is 13.3. The van der Waals surface area contributed by atoms with Crippen LogP contribution in [0.4, 0.5) is 18.9 Å². The molecule has 1 aromatic carbocycles. The number of carbonyl (C=O) groups is 1. The number of nitriles is 1. The first-order valence-corrected chi connectivity index (χ1v) is 9.44. The van der Waals surface area contributed by atoms with E-state index in [1.165, 1.54) is 18.2 Å². The summed E-state index contributed by atoms with van der Waals surface area (Å²) >= 11 is 0. The van der Waals surface area contributed by atoms with Crippen LogP contribution in [0.5, 0.6) is 5.75 Å². The fourth-order valence-electron chi connectivity index (χ4n) is 4.60. The number of halogens is 3. The van der Waals surface area contributed by atoms with Gasteiger partial charge in [0.2, 0.25) is 0 Å². The Labute approximate surface area is 162 Å². The Balaban J connectivity index is 1.64. The summed E-state index contributed by atoms with van der Waals surface area (Å²) < 4.78 is 46.4. The van der Waals surface area contributed by atoms with Crippen molar-refractivity contribution in [1.82, 2.24) is 0 Å². The molecule has 1 atom stereocenters. The summed E-state index contributed by atoms with van der Waals surface area (Å²) in [5.74, 6) is 0.238. The maximum absolute atomic E-state index is 12.5. The molecule has 1 spiro atoms. The molecule has 2 aliphatic rings. The molecule has 1 saturated carbocycles. The average Bonchev–Trinajstić information content (AvgIpc) is 3.04. The number of carbonyl (C=O) groups excluding carboxylic acids is 1. The molecule has 1 aliphatic carbocycles. The van der Waals surface area contributed by atoms with Crippen molar-refractivity contribution in [3.05, 3.63) is 23.8 Å². The number of rotatable bonds is 6. The van der Waals surface area contributed by atoms with Crippen molar-refractivity contribution in [2.45, 2.75) is 44.9 Å². The van der Waals surface area contributed by atoms with Crippen LogP contribution in [0.3, 0.4) is 0 Å². The third kappa shape index (κ3) is 4.89. The first kappa shape index (κ1) is 20.3. The number of nitrogens with zero attached hydrogens (tertiary/aromatic N) is 2. The molecule has 1 unspecified atom stereocenters. The molecule has 152 valence electrons. The van der Waals surface area contributed by atoms with E-state index in [0.29, 0.717) is 43.3 Å². The van der Waals surface area contributed by atoms with Gasteiger partial charge in [-0.3, -0.25) is 4.79 Å². The average molecular weight is 396 g/mol. The van der Waals surface area contributed by atoms with Gasteiger partial charge in [-0.05, 0) is 62.0 Å². The van der Waals surface area contributed by atoms with Gasteiger partial charge >= 0.3 is 6.36 Å². The van der Waals surface area contributed by atoms with Gasteiger partial charge in [0.1, 0.15) is 11.8 Å². The van der Waals surface area contributed by atoms with Crippen molar-refractivity contribution in [3.8, 4) is 11.8 Å². The van der Waals surface area contributed by atoms with E-state index in [0.717, 1.165) is 38.5 Å². The van der Waals surface area contributed by atoms with Crippen LogP contribution >= 0.6 is 0 Å². The number of anilines is 1. The molecule has 1 aliphatic heterocycles. The Morgan fingerprint density at radius 1 is 1.29 bits per heavy atom. The summed E-state index contributed by atoms with van der Waals surface area (Å²) in [5.41, 5.74) is 1.09. The zero-order chi connectivity index (χ0) is 20.2. The molecule has 0 amide bonds. The third-order valence-electron chi connectivity index (χ3n) is 6.00. The fraction of sp³-hybridized carbons (Fsp3) is 0.600. The quantitative estimate of drug-likeness (QED) is 0.527. The lowest BCUT2D eigenvalue weighted by Gasteiger charge is -2.41. The molecule has 0 bridgehead atoms. The zero-order valence-electron chi connectivity index (χ0n) is 15.5. The highest BCUT2D eigenvalue weighted by molar-refractivity contribution is 5.62. The SMILES string of the molecule is N#Cc1ccc(OC(F)(F)F)cc1N1CCC2(CCC(CCOC=O)C2)CC1. The van der Waals surface area contributed by atoms with E-state index in [1.54, 1.807) is 0 Å². The van der Waals surface area contributed by atoms with Crippen molar-refractivity contribution in [2.24, 2.45) is 11.3 Å². The van der Waals surface area contributed by atoms with Crippen LogP contribution in [0, 0.1) is 22.7 Å². The van der Waals surface area contributed by atoms with Crippen LogP contribution in [0.25, 0.3) is 0 Å². The summed E-state index contributed by atoms with van der Waals surface area (Å²) in [4.78, 5) is 12.3. The highest BCUT2D eigenvalue weighted by atomic mass is 19.4. The van der Waals surface area contributed by atoms with Crippen LogP contribution in [-0.4, -0.2) is 32.5 Å². The first-order valence-electron chi connectivity index (χ1n) is 9.44. The Bertz CT molecular complexity index is 737. The number of piperidine rings is 1. The van der Waals surface area contributed by atoms with E-state index in [2.05, 4.69) is 10.8 Å². The van der Waals surface area contributed by atoms with E-state index in [1.807, 2.05) is 4.90 Å². The fourth-order valence-corrected chi connectivity index (χ4v) is 4.60. The minimum Gasteiger partial charge on any atom is -0.468 e. The third-order valence-corrected chi connectivity index (χ3v) is 6.00. The van der Waals surface area contributed by atoms with Gasteiger partial charge < -0.3 is 14.4 Å². The standard InChI is InChI=1S/C20H23F3N2O3/c21-20(22,23)28-17-2-1-16(13-24)18(11-17)25-8-6-19(7-9-25)5-3-15(12-19)4-10-27-14-26/h1-2,11,14-15H,3-10,12H2. The topological polar surface area (TPSA) is 62.6 Å². The minimum atomic E-state index is -4.76. The van der Waals surface area contributed by atoms with E-state index in [-0.39, 0.29) is 11.2 Å². The Kier molecular flexibility index (Phi) is 6.01. The predicted molar refractivity (Wildman–Crippen MR) is 95.7 cm³/mol. The second-order valence-corrected chi connectivity index (χ2v) is 7.69. The Morgan fingerprint density at radius 3 is 2.68 bits per heavy atom. The normalized spacial score (nSPS) is 21.4. The largest absolute Gasteiger partial charge is 0.573 e. The molecule has 0 radical (unpaired) electrons. The molecule has 1 heterocycles. The lowest BCUT2D eigenvalue weighted by molar-refractivity contribution is -0.274. The molecule has 28 heavy (non-hydrogen) atoms. The van der Waals surface area contributed by atoms with Crippen molar-refractivity contribution in [1.29, 1.82) is 5.26 Å². The van der Waals surface area contributed by atoms with Gasteiger partial charge in [0.15, 0.2) is 0 Å². The van der Waals surface area contributed by atoms with Crippen LogP contribution < -0.4 is 9.64 Å². The maximum Gasteiger partial charge on any atom is 0.573 e. The number of hydrogen-bond donors (Lipinski definition) is 0. The van der Waals surface area contributed by atoms with E-state index < -0.39 is 6.36 Å². The van der Waals surface area contributed by atoms with Gasteiger partial charge in [-0.1, -0.05) is 0 Å². The zero-order valence-corrected chi connectivity index (χ0v) is 15.5. The Morgan fingerprint density at radius 2 is 2.04 bits per heavy atom. The van der Waals surface area contributed by atoms with Gasteiger partial charge in [0, 0.05) is 19.2 Å². The van der Waals surface area contributed by atoms with E-state index in [4.69, 9.17) is 4.74 Å². The molecule has 0 aromatic heterocycles. The van der Waals surface area contributed by atoms with E-state index in [9.17, 15) is 23.2 Å². The smallest absolute Gasteiger partial charge is 0.468 e. The number of benzene rings is 1. The van der Waals surface area contributed by atoms with Crippen LogP contribution in [0.1, 0.15) is 44.1 Å². The predicted octanol–water partition coefficient (Wildman–Crippen LogP) is 4.41. The van der Waals surface area contributed by atoms with E-state index >= 15 is 0 Å². The lowest BCUT2D eigenvalue weighted by atomic mass is 9.76. The van der Waals surface area contributed by atoms with Gasteiger partial charge in [-0.2, -0.15) is 5.26 Å². The maximum atomic E-state index is 12.5. The van der Waals surface area contributed by atoms with Crippen LogP contribution in [-0.2, 0) is 9.53 Å². The molecule has 3 rings (SSSR count). The monoisotopic (exact) mass is 396 g/mol. The number of hydrogen-bond acceptors (Lipinski definition) is 5. The van der Waals surface area contributed by atoms with Crippen molar-refractivity contribution in [2.75, 3.05) is 24.6 Å². The van der Waals surface area contributed by atoms with Gasteiger partial charge in [0.25, 0.3) is 6.47 Å². The van der Waals surface area contributed by atoms with Gasteiger partial charge in [0.05, 0.1) is 17.9 Å². The minimum absolute atomic E-state index is 0.245. The van der Waals surface area contributed by atoms with Crippen LogP contribution in [0.15, 0.2) is 18.2 Å². The summed E-state index contributed by atoms with van der Waals surface area (Å²) in [6.45, 7) is 2.32. The van der Waals surface area contributed by atoms with Crippen LogP contribution in [0.2, 0.25) is 0 Å². The molecule has 1 aromatic rings. The lowest BCUT2D eigenvalue weighted by Crippen LogP contribution is -2.39. The summed E-state index contributed by atoms with van der Waals surface area (Å²) in [6, 6.07) is 5.91. The highest BCUT2D eigenvalue weighted by Crippen LogP contribution is 2.50. The summed E-state index contributed by atoms with van der Waals surface area (Å²) in [7, 11) is 0. The molecule has 0 N–H and O–H groups in total. The second kappa shape index (κ2) is 8.29. The highest BCUT2D eigenvalue weighted by Gasteiger charge is 2.41. The molecule has 1 saturated heterocycles. The second-order valence-electron chi connectivity index (χ2n) is 7.69.